The summed E-state index contributed by atoms with van der Waals surface area (Å²) in [6.07, 6.45) is 7.38. The number of carbonyl (C=O) groups excluding carboxylic acids is 1. The largest absolute Gasteiger partial charge is 0.468 e. The molecule has 4 nitrogen and oxygen atoms in total. The molecule has 4 heteroatoms. The zero-order valence-corrected chi connectivity index (χ0v) is 14.6. The van der Waals surface area contributed by atoms with Gasteiger partial charge in [-0.15, -0.1) is 0 Å². The molecule has 0 radical (unpaired) electrons. The standard InChI is InChI=1S/C17H34N2O2/c1-6-8-15-9-7-11-19(12-10-15)14(2)13-17(3,18-4)16(20)21-5/h14-15,18H,6-13H2,1-5H3. The summed E-state index contributed by atoms with van der Waals surface area (Å²) in [4.78, 5) is 14.5. The van der Waals surface area contributed by atoms with Crippen molar-refractivity contribution in [2.45, 2.75) is 70.9 Å². The van der Waals surface area contributed by atoms with Crippen molar-refractivity contribution in [3.8, 4) is 0 Å². The van der Waals surface area contributed by atoms with Crippen molar-refractivity contribution < 1.29 is 9.53 Å². The fourth-order valence-corrected chi connectivity index (χ4v) is 3.56. The molecule has 0 saturated carbocycles. The molecular weight excluding hydrogens is 264 g/mol. The summed E-state index contributed by atoms with van der Waals surface area (Å²) in [6, 6.07) is 0.391. The SMILES string of the molecule is CCCC1CCCN(C(C)CC(C)(NC)C(=O)OC)CC1. The Morgan fingerprint density at radius 1 is 1.43 bits per heavy atom. The lowest BCUT2D eigenvalue weighted by molar-refractivity contribution is -0.148. The summed E-state index contributed by atoms with van der Waals surface area (Å²) in [7, 11) is 3.30. The minimum Gasteiger partial charge on any atom is -0.468 e. The number of nitrogens with one attached hydrogen (secondary N) is 1. The van der Waals surface area contributed by atoms with Crippen LogP contribution in [0.15, 0.2) is 0 Å². The molecule has 1 aliphatic rings. The number of nitrogens with zero attached hydrogens (tertiary/aromatic N) is 1. The predicted octanol–water partition coefficient (Wildman–Crippen LogP) is 2.82. The topological polar surface area (TPSA) is 41.6 Å². The van der Waals surface area contributed by atoms with Crippen LogP contribution < -0.4 is 5.32 Å². The number of hydrogen-bond acceptors (Lipinski definition) is 4. The smallest absolute Gasteiger partial charge is 0.325 e. The van der Waals surface area contributed by atoms with E-state index in [4.69, 9.17) is 4.74 Å². The number of methoxy groups -OCH3 is 1. The molecular formula is C17H34N2O2. The molecule has 21 heavy (non-hydrogen) atoms. The zero-order valence-electron chi connectivity index (χ0n) is 14.6. The predicted molar refractivity (Wildman–Crippen MR) is 87.4 cm³/mol. The molecule has 124 valence electrons. The second-order valence-corrected chi connectivity index (χ2v) is 6.75. The van der Waals surface area contributed by atoms with Crippen LogP contribution in [0.3, 0.4) is 0 Å². The van der Waals surface area contributed by atoms with Gasteiger partial charge in [-0.05, 0) is 65.6 Å². The van der Waals surface area contributed by atoms with Crippen molar-refractivity contribution in [3.63, 3.8) is 0 Å². The van der Waals surface area contributed by atoms with Crippen LogP contribution in [0.4, 0.5) is 0 Å². The molecule has 1 heterocycles. The van der Waals surface area contributed by atoms with Gasteiger partial charge in [0.25, 0.3) is 0 Å². The normalized spacial score (nSPS) is 24.9. The highest BCUT2D eigenvalue weighted by atomic mass is 16.5. The number of esters is 1. The lowest BCUT2D eigenvalue weighted by Gasteiger charge is -2.35. The summed E-state index contributed by atoms with van der Waals surface area (Å²) in [5, 5.41) is 3.14. The van der Waals surface area contributed by atoms with Gasteiger partial charge >= 0.3 is 5.97 Å². The minimum absolute atomic E-state index is 0.171. The van der Waals surface area contributed by atoms with Gasteiger partial charge in [-0.25, -0.2) is 0 Å². The Balaban J connectivity index is 2.58. The highest BCUT2D eigenvalue weighted by Crippen LogP contribution is 2.25. The van der Waals surface area contributed by atoms with Crippen molar-refractivity contribution in [2.75, 3.05) is 27.2 Å². The van der Waals surface area contributed by atoms with Crippen molar-refractivity contribution in [3.05, 3.63) is 0 Å². The fourth-order valence-electron chi connectivity index (χ4n) is 3.56. The molecule has 1 fully saturated rings. The molecule has 0 spiro atoms. The second-order valence-electron chi connectivity index (χ2n) is 6.75. The van der Waals surface area contributed by atoms with Crippen LogP contribution >= 0.6 is 0 Å². The van der Waals surface area contributed by atoms with Crippen molar-refractivity contribution in [1.82, 2.24) is 10.2 Å². The van der Waals surface area contributed by atoms with E-state index in [1.165, 1.54) is 39.2 Å². The molecule has 0 bridgehead atoms. The number of ether oxygens (including phenoxy) is 1. The highest BCUT2D eigenvalue weighted by Gasteiger charge is 2.35. The van der Waals surface area contributed by atoms with Gasteiger partial charge in [-0.2, -0.15) is 0 Å². The molecule has 1 N–H and O–H groups in total. The molecule has 0 aromatic carbocycles. The van der Waals surface area contributed by atoms with Crippen LogP contribution in [0.5, 0.6) is 0 Å². The molecule has 1 rings (SSSR count). The van der Waals surface area contributed by atoms with Gasteiger partial charge in [0.05, 0.1) is 7.11 Å². The van der Waals surface area contributed by atoms with Crippen molar-refractivity contribution in [2.24, 2.45) is 5.92 Å². The first-order valence-electron chi connectivity index (χ1n) is 8.48. The van der Waals surface area contributed by atoms with Gasteiger partial charge in [0, 0.05) is 6.04 Å². The van der Waals surface area contributed by atoms with E-state index in [1.807, 2.05) is 14.0 Å². The third-order valence-electron chi connectivity index (χ3n) is 5.09. The van der Waals surface area contributed by atoms with E-state index in [-0.39, 0.29) is 5.97 Å². The van der Waals surface area contributed by atoms with Gasteiger partial charge in [-0.3, -0.25) is 4.79 Å². The minimum atomic E-state index is -0.594. The lowest BCUT2D eigenvalue weighted by atomic mass is 9.93. The van der Waals surface area contributed by atoms with Crippen LogP contribution in [-0.4, -0.2) is 49.7 Å². The summed E-state index contributed by atoms with van der Waals surface area (Å²) < 4.78 is 4.95. The quantitative estimate of drug-likeness (QED) is 0.734. The van der Waals surface area contributed by atoms with Crippen LogP contribution in [0.2, 0.25) is 0 Å². The summed E-state index contributed by atoms with van der Waals surface area (Å²) in [5.74, 6) is 0.721. The second kappa shape index (κ2) is 8.74. The van der Waals surface area contributed by atoms with E-state index in [2.05, 4.69) is 24.1 Å². The Labute approximate surface area is 130 Å². The zero-order chi connectivity index (χ0) is 15.9. The molecule has 0 amide bonds. The van der Waals surface area contributed by atoms with Gasteiger partial charge in [0.2, 0.25) is 0 Å². The Morgan fingerprint density at radius 3 is 2.71 bits per heavy atom. The summed E-state index contributed by atoms with van der Waals surface area (Å²) in [5.41, 5.74) is -0.594. The maximum Gasteiger partial charge on any atom is 0.325 e. The van der Waals surface area contributed by atoms with E-state index in [1.54, 1.807) is 0 Å². The Kier molecular flexibility index (Phi) is 7.67. The van der Waals surface area contributed by atoms with Crippen molar-refractivity contribution in [1.29, 1.82) is 0 Å². The fraction of sp³-hybridized carbons (Fsp3) is 0.941. The van der Waals surface area contributed by atoms with Gasteiger partial charge in [0.15, 0.2) is 0 Å². The first kappa shape index (κ1) is 18.4. The highest BCUT2D eigenvalue weighted by molar-refractivity contribution is 5.80. The van der Waals surface area contributed by atoms with Crippen LogP contribution in [0.1, 0.15) is 59.3 Å². The van der Waals surface area contributed by atoms with Gasteiger partial charge in [0.1, 0.15) is 5.54 Å². The third-order valence-corrected chi connectivity index (χ3v) is 5.09. The van der Waals surface area contributed by atoms with Crippen molar-refractivity contribution >= 4 is 5.97 Å². The number of rotatable bonds is 7. The average molecular weight is 298 g/mol. The molecule has 0 aliphatic carbocycles. The number of hydrogen-bond donors (Lipinski definition) is 1. The summed E-state index contributed by atoms with van der Waals surface area (Å²) >= 11 is 0. The van der Waals surface area contributed by atoms with E-state index < -0.39 is 5.54 Å². The molecule has 1 aliphatic heterocycles. The summed E-state index contributed by atoms with van der Waals surface area (Å²) in [6.45, 7) is 8.76. The molecule has 0 aromatic heterocycles. The van der Waals surface area contributed by atoms with E-state index in [0.29, 0.717) is 6.04 Å². The number of carbonyl (C=O) groups is 1. The first-order chi connectivity index (χ1) is 9.96. The van der Waals surface area contributed by atoms with E-state index >= 15 is 0 Å². The van der Waals surface area contributed by atoms with Gasteiger partial charge < -0.3 is 15.0 Å². The number of likely N-dealkylation sites (tertiary alicyclic amines) is 1. The Morgan fingerprint density at radius 2 is 2.14 bits per heavy atom. The molecule has 3 atom stereocenters. The average Bonchev–Trinajstić information content (AvgIpc) is 2.72. The Bertz CT molecular complexity index is 322. The molecule has 0 aromatic rings. The molecule has 1 saturated heterocycles. The Hall–Kier alpha value is -0.610. The first-order valence-corrected chi connectivity index (χ1v) is 8.48. The van der Waals surface area contributed by atoms with Crippen LogP contribution in [-0.2, 0) is 9.53 Å². The molecule has 3 unspecified atom stereocenters. The lowest BCUT2D eigenvalue weighted by Crippen LogP contribution is -2.52. The van der Waals surface area contributed by atoms with Crippen LogP contribution in [0.25, 0.3) is 0 Å². The van der Waals surface area contributed by atoms with Crippen LogP contribution in [0, 0.1) is 5.92 Å². The maximum absolute atomic E-state index is 12.0. The van der Waals surface area contributed by atoms with Gasteiger partial charge in [-0.1, -0.05) is 19.8 Å². The monoisotopic (exact) mass is 298 g/mol. The number of likely N-dealkylation sites (N-methyl/N-ethyl adjacent to an activating group) is 1. The third kappa shape index (κ3) is 5.26. The van der Waals surface area contributed by atoms with E-state index in [0.717, 1.165) is 25.4 Å². The maximum atomic E-state index is 12.0. The van der Waals surface area contributed by atoms with E-state index in [9.17, 15) is 4.79 Å².